The third kappa shape index (κ3) is 4.11. The number of anilines is 4. The molecule has 7 heteroatoms. The lowest BCUT2D eigenvalue weighted by Gasteiger charge is -2.37. The van der Waals surface area contributed by atoms with Gasteiger partial charge in [0.05, 0.1) is 16.9 Å². The summed E-state index contributed by atoms with van der Waals surface area (Å²) in [6, 6.07) is 18.3. The lowest BCUT2D eigenvalue weighted by molar-refractivity contribution is 0.596. The van der Waals surface area contributed by atoms with Gasteiger partial charge >= 0.3 is 0 Å². The van der Waals surface area contributed by atoms with E-state index in [1.54, 1.807) is 12.1 Å². The molecule has 4 rings (SSSR count). The maximum Gasteiger partial charge on any atom is 0.146 e. The Morgan fingerprint density at radius 2 is 1.66 bits per heavy atom. The van der Waals surface area contributed by atoms with Crippen LogP contribution in [0.5, 0.6) is 0 Å². The quantitative estimate of drug-likeness (QED) is 0.732. The lowest BCUT2D eigenvalue weighted by Crippen LogP contribution is -2.47. The molecule has 1 aliphatic rings. The van der Waals surface area contributed by atoms with Crippen LogP contribution >= 0.6 is 0 Å². The van der Waals surface area contributed by atoms with Gasteiger partial charge in [-0.05, 0) is 31.2 Å². The summed E-state index contributed by atoms with van der Waals surface area (Å²) in [5.74, 6) is 1.92. The number of nitrogens with zero attached hydrogens (tertiary/aromatic N) is 5. The second kappa shape index (κ2) is 8.15. The van der Waals surface area contributed by atoms with Crippen LogP contribution in [0.25, 0.3) is 0 Å². The number of para-hydroxylation sites is 2. The highest BCUT2D eigenvalue weighted by atomic mass is 19.1. The Morgan fingerprint density at radius 3 is 2.41 bits per heavy atom. The molecule has 146 valence electrons. The van der Waals surface area contributed by atoms with E-state index < -0.39 is 0 Å². The fourth-order valence-corrected chi connectivity index (χ4v) is 3.49. The van der Waals surface area contributed by atoms with E-state index in [1.807, 2.05) is 43.3 Å². The summed E-state index contributed by atoms with van der Waals surface area (Å²) in [5.41, 5.74) is 1.91. The monoisotopic (exact) mass is 388 g/mol. The van der Waals surface area contributed by atoms with Gasteiger partial charge in [0, 0.05) is 32.2 Å². The van der Waals surface area contributed by atoms with Crippen molar-refractivity contribution in [1.82, 2.24) is 9.97 Å². The second-order valence-corrected chi connectivity index (χ2v) is 6.87. The van der Waals surface area contributed by atoms with E-state index in [1.165, 1.54) is 6.07 Å². The zero-order valence-corrected chi connectivity index (χ0v) is 16.1. The fourth-order valence-electron chi connectivity index (χ4n) is 3.49. The summed E-state index contributed by atoms with van der Waals surface area (Å²) in [5, 5.41) is 12.5. The average molecular weight is 388 g/mol. The molecule has 1 saturated heterocycles. The molecule has 0 saturated carbocycles. The van der Waals surface area contributed by atoms with Gasteiger partial charge in [-0.15, -0.1) is 0 Å². The van der Waals surface area contributed by atoms with Gasteiger partial charge in [0.25, 0.3) is 0 Å². The van der Waals surface area contributed by atoms with E-state index >= 15 is 0 Å². The molecular formula is C22H21FN6. The number of aromatic nitrogens is 2. The number of nitrogens with one attached hydrogen (secondary N) is 1. The molecule has 0 bridgehead atoms. The summed E-state index contributed by atoms with van der Waals surface area (Å²) in [4.78, 5) is 13.3. The van der Waals surface area contributed by atoms with Gasteiger partial charge in [0.15, 0.2) is 0 Å². The van der Waals surface area contributed by atoms with Crippen molar-refractivity contribution in [2.45, 2.75) is 6.92 Å². The van der Waals surface area contributed by atoms with Gasteiger partial charge in [-0.1, -0.05) is 24.3 Å². The highest BCUT2D eigenvalue weighted by molar-refractivity contribution is 5.66. The first-order chi connectivity index (χ1) is 14.1. The van der Waals surface area contributed by atoms with Gasteiger partial charge in [0.1, 0.15) is 29.3 Å². The molecular weight excluding hydrogens is 367 g/mol. The molecule has 0 amide bonds. The molecule has 0 aliphatic carbocycles. The Morgan fingerprint density at radius 1 is 0.966 bits per heavy atom. The first-order valence-corrected chi connectivity index (χ1v) is 9.50. The first kappa shape index (κ1) is 18.7. The Hall–Kier alpha value is -3.66. The topological polar surface area (TPSA) is 68.1 Å². The van der Waals surface area contributed by atoms with Crippen molar-refractivity contribution < 1.29 is 4.39 Å². The van der Waals surface area contributed by atoms with Gasteiger partial charge < -0.3 is 15.1 Å². The van der Waals surface area contributed by atoms with E-state index in [4.69, 9.17) is 0 Å². The molecule has 1 aromatic heterocycles. The molecule has 29 heavy (non-hydrogen) atoms. The normalized spacial score (nSPS) is 13.8. The van der Waals surface area contributed by atoms with Crippen molar-refractivity contribution in [1.29, 1.82) is 5.26 Å². The number of piperazine rings is 1. The lowest BCUT2D eigenvalue weighted by atomic mass is 10.2. The summed E-state index contributed by atoms with van der Waals surface area (Å²) in [7, 11) is 0. The highest BCUT2D eigenvalue weighted by Gasteiger charge is 2.21. The van der Waals surface area contributed by atoms with E-state index in [-0.39, 0.29) is 5.82 Å². The summed E-state index contributed by atoms with van der Waals surface area (Å²) in [6.45, 7) is 4.74. The molecule has 0 atom stereocenters. The minimum atomic E-state index is -0.193. The molecule has 6 nitrogen and oxygen atoms in total. The maximum absolute atomic E-state index is 14.1. The van der Waals surface area contributed by atoms with Crippen LogP contribution in [0.4, 0.5) is 27.4 Å². The number of hydrogen-bond acceptors (Lipinski definition) is 6. The predicted molar refractivity (Wildman–Crippen MR) is 112 cm³/mol. The number of hydrogen-bond donors (Lipinski definition) is 1. The predicted octanol–water partition coefficient (Wildman–Crippen LogP) is 3.87. The molecule has 2 heterocycles. The van der Waals surface area contributed by atoms with Crippen LogP contribution in [0.2, 0.25) is 0 Å². The smallest absolute Gasteiger partial charge is 0.146 e. The van der Waals surface area contributed by atoms with E-state index in [0.717, 1.165) is 18.9 Å². The Bertz CT molecular complexity index is 1050. The first-order valence-electron chi connectivity index (χ1n) is 9.50. The maximum atomic E-state index is 14.1. The van der Waals surface area contributed by atoms with Crippen LogP contribution in [-0.2, 0) is 0 Å². The van der Waals surface area contributed by atoms with Crippen LogP contribution in [0.15, 0.2) is 54.6 Å². The van der Waals surface area contributed by atoms with Crippen LogP contribution < -0.4 is 15.1 Å². The van der Waals surface area contributed by atoms with Crippen molar-refractivity contribution in [2.24, 2.45) is 0 Å². The van der Waals surface area contributed by atoms with Crippen LogP contribution in [0.1, 0.15) is 11.4 Å². The average Bonchev–Trinajstić information content (AvgIpc) is 2.74. The van der Waals surface area contributed by atoms with E-state index in [0.29, 0.717) is 41.7 Å². The number of rotatable bonds is 4. The molecule has 3 aromatic rings. The largest absolute Gasteiger partial charge is 0.366 e. The third-order valence-corrected chi connectivity index (χ3v) is 4.93. The van der Waals surface area contributed by atoms with Crippen molar-refractivity contribution in [3.63, 3.8) is 0 Å². The van der Waals surface area contributed by atoms with E-state index in [9.17, 15) is 9.65 Å². The SMILES string of the molecule is Cc1nc(Nc2ccccc2C#N)cc(N2CCN(c3ccccc3F)CC2)n1. The number of nitriles is 1. The molecule has 1 fully saturated rings. The van der Waals surface area contributed by atoms with Crippen LogP contribution in [0, 0.1) is 24.1 Å². The number of halogens is 1. The minimum absolute atomic E-state index is 0.193. The van der Waals surface area contributed by atoms with Crippen LogP contribution in [-0.4, -0.2) is 36.1 Å². The van der Waals surface area contributed by atoms with Gasteiger partial charge in [-0.25, -0.2) is 14.4 Å². The van der Waals surface area contributed by atoms with Crippen molar-refractivity contribution >= 4 is 23.0 Å². The Balaban J connectivity index is 1.50. The van der Waals surface area contributed by atoms with Crippen molar-refractivity contribution in [2.75, 3.05) is 41.3 Å². The summed E-state index contributed by atoms with van der Waals surface area (Å²) < 4.78 is 14.1. The molecule has 0 unspecified atom stereocenters. The van der Waals surface area contributed by atoms with Gasteiger partial charge in [-0.3, -0.25) is 0 Å². The zero-order valence-electron chi connectivity index (χ0n) is 16.1. The van der Waals surface area contributed by atoms with Gasteiger partial charge in [-0.2, -0.15) is 5.26 Å². The molecule has 1 aliphatic heterocycles. The molecule has 0 radical (unpaired) electrons. The second-order valence-electron chi connectivity index (χ2n) is 6.87. The number of aryl methyl sites for hydroxylation is 1. The molecule has 0 spiro atoms. The summed E-state index contributed by atoms with van der Waals surface area (Å²) in [6.07, 6.45) is 0. The van der Waals surface area contributed by atoms with Crippen molar-refractivity contribution in [3.8, 4) is 6.07 Å². The highest BCUT2D eigenvalue weighted by Crippen LogP contribution is 2.25. The van der Waals surface area contributed by atoms with Crippen LogP contribution in [0.3, 0.4) is 0 Å². The van der Waals surface area contributed by atoms with Crippen molar-refractivity contribution in [3.05, 3.63) is 71.8 Å². The summed E-state index contributed by atoms with van der Waals surface area (Å²) >= 11 is 0. The minimum Gasteiger partial charge on any atom is -0.366 e. The third-order valence-electron chi connectivity index (χ3n) is 4.93. The number of benzene rings is 2. The fraction of sp³-hybridized carbons (Fsp3) is 0.227. The van der Waals surface area contributed by atoms with E-state index in [2.05, 4.69) is 31.2 Å². The molecule has 1 N–H and O–H groups in total. The zero-order chi connectivity index (χ0) is 20.2. The Kier molecular flexibility index (Phi) is 5.25. The Labute approximate surface area is 169 Å². The standard InChI is InChI=1S/C22H21FN6/c1-16-25-21(27-19-8-4-2-6-17(19)15-24)14-22(26-16)29-12-10-28(11-13-29)20-9-5-3-7-18(20)23/h2-9,14H,10-13H2,1H3,(H,25,26,27). The van der Waals surface area contributed by atoms with Gasteiger partial charge in [0.2, 0.25) is 0 Å². The molecule has 2 aromatic carbocycles.